The van der Waals surface area contributed by atoms with Crippen molar-refractivity contribution in [2.45, 2.75) is 6.92 Å². The summed E-state index contributed by atoms with van der Waals surface area (Å²) in [5, 5.41) is 5.77. The highest BCUT2D eigenvalue weighted by molar-refractivity contribution is 7.80. The van der Waals surface area contributed by atoms with Gasteiger partial charge in [-0.2, -0.15) is 5.01 Å². The zero-order valence-electron chi connectivity index (χ0n) is 15.6. The minimum absolute atomic E-state index is 0.0771. The Morgan fingerprint density at radius 1 is 0.931 bits per heavy atom. The quantitative estimate of drug-likeness (QED) is 0.388. The topological polar surface area (TPSA) is 99.8 Å². The summed E-state index contributed by atoms with van der Waals surface area (Å²) in [6, 6.07) is 15.5. The molecule has 0 bridgehead atoms. The third kappa shape index (κ3) is 6.33. The molecule has 0 spiro atoms. The van der Waals surface area contributed by atoms with Crippen LogP contribution in [-0.4, -0.2) is 40.1 Å². The summed E-state index contributed by atoms with van der Waals surface area (Å²) in [5.74, 6) is -0.525. The number of carbonyl (C=O) groups excluding carboxylic acids is 3. The van der Waals surface area contributed by atoms with Crippen LogP contribution in [0.1, 0.15) is 22.8 Å². The fourth-order valence-corrected chi connectivity index (χ4v) is 2.67. The molecular weight excluding hydrogens is 412 g/mol. The number of carbonyl (C=O) groups is 3. The van der Waals surface area contributed by atoms with Crippen LogP contribution < -0.4 is 16.1 Å². The van der Waals surface area contributed by atoms with Crippen LogP contribution in [0.2, 0.25) is 0 Å². The Hall–Kier alpha value is -3.37. The third-order valence-electron chi connectivity index (χ3n) is 3.50. The van der Waals surface area contributed by atoms with E-state index in [1.165, 1.54) is 14.0 Å². The molecule has 0 fully saturated rings. The van der Waals surface area contributed by atoms with Crippen LogP contribution in [0.15, 0.2) is 54.6 Å². The molecule has 2 aromatic carbocycles. The van der Waals surface area contributed by atoms with Crippen LogP contribution in [0.3, 0.4) is 0 Å². The molecular formula is C19H18N4O4S2. The molecule has 8 nitrogen and oxygen atoms in total. The van der Waals surface area contributed by atoms with E-state index < -0.39 is 12.0 Å². The van der Waals surface area contributed by atoms with Gasteiger partial charge in [-0.1, -0.05) is 30.3 Å². The zero-order chi connectivity index (χ0) is 21.4. The first-order chi connectivity index (χ1) is 13.8. The molecule has 150 valence electrons. The van der Waals surface area contributed by atoms with Crippen LogP contribution in [0.5, 0.6) is 0 Å². The Labute approximate surface area is 178 Å². The molecule has 0 heterocycles. The van der Waals surface area contributed by atoms with Crippen LogP contribution >= 0.6 is 24.4 Å². The minimum atomic E-state index is -0.842. The number of anilines is 1. The molecule has 0 saturated heterocycles. The van der Waals surface area contributed by atoms with Gasteiger partial charge in [-0.15, -0.1) is 0 Å². The van der Waals surface area contributed by atoms with Crippen LogP contribution in [0, 0.1) is 0 Å². The van der Waals surface area contributed by atoms with E-state index in [1.807, 2.05) is 6.07 Å². The Bertz CT molecular complexity index is 933. The molecule has 2 rings (SSSR count). The highest BCUT2D eigenvalue weighted by atomic mass is 32.1. The van der Waals surface area contributed by atoms with E-state index in [2.05, 4.69) is 20.8 Å². The second-order valence-corrected chi connectivity index (χ2v) is 6.43. The lowest BCUT2D eigenvalue weighted by Gasteiger charge is -2.24. The van der Waals surface area contributed by atoms with E-state index in [0.717, 1.165) is 5.01 Å². The first-order valence-corrected chi connectivity index (χ1v) is 9.10. The first-order valence-electron chi connectivity index (χ1n) is 8.29. The van der Waals surface area contributed by atoms with Gasteiger partial charge in [0.05, 0.1) is 7.11 Å². The normalized spacial score (nSPS) is 9.72. The van der Waals surface area contributed by atoms with Gasteiger partial charge in [0.25, 0.3) is 0 Å². The number of hydrogen-bond donors (Lipinski definition) is 3. The van der Waals surface area contributed by atoms with Crippen molar-refractivity contribution in [1.29, 1.82) is 0 Å². The van der Waals surface area contributed by atoms with Crippen LogP contribution in [-0.2, 0) is 9.53 Å². The molecule has 10 heteroatoms. The number of benzene rings is 2. The fourth-order valence-electron chi connectivity index (χ4n) is 2.20. The lowest BCUT2D eigenvalue weighted by Crippen LogP contribution is -2.54. The van der Waals surface area contributed by atoms with Gasteiger partial charge in [0, 0.05) is 23.7 Å². The average Bonchev–Trinajstić information content (AvgIpc) is 2.71. The summed E-state index contributed by atoms with van der Waals surface area (Å²) in [7, 11) is 1.17. The molecule has 0 aromatic heterocycles. The number of rotatable bonds is 3. The van der Waals surface area contributed by atoms with E-state index >= 15 is 0 Å². The predicted octanol–water partition coefficient (Wildman–Crippen LogP) is 2.61. The van der Waals surface area contributed by atoms with E-state index in [9.17, 15) is 14.4 Å². The van der Waals surface area contributed by atoms with E-state index in [0.29, 0.717) is 16.8 Å². The summed E-state index contributed by atoms with van der Waals surface area (Å²) in [6.07, 6.45) is -0.842. The Balaban J connectivity index is 2.09. The molecule has 0 aliphatic heterocycles. The number of methoxy groups -OCH3 is 1. The van der Waals surface area contributed by atoms with Crippen molar-refractivity contribution >= 4 is 58.1 Å². The first kappa shape index (κ1) is 21.9. The number of thiocarbonyl (C=S) groups is 2. The maximum atomic E-state index is 12.5. The van der Waals surface area contributed by atoms with E-state index in [1.54, 1.807) is 48.5 Å². The lowest BCUT2D eigenvalue weighted by molar-refractivity contribution is -0.117. The molecule has 0 unspecified atom stereocenters. The SMILES string of the molecule is COC(=O)N(NC(=S)NC(C)=O)C(=S)Nc1ccc(C(=O)c2ccccc2)cc1. The standard InChI is InChI=1S/C19H18N4O4S2/c1-12(24)20-17(28)22-23(19(26)27-2)18(29)21-15-10-8-14(9-11-15)16(25)13-6-4-3-5-7-13/h3-11H,1-2H3,(H,21,29)(H2,20,22,24,28). The Morgan fingerprint density at radius 2 is 1.52 bits per heavy atom. The third-order valence-corrected chi connectivity index (χ3v) is 3.98. The molecule has 0 radical (unpaired) electrons. The van der Waals surface area contributed by atoms with Crippen molar-refractivity contribution in [1.82, 2.24) is 15.8 Å². The van der Waals surface area contributed by atoms with Crippen molar-refractivity contribution < 1.29 is 19.1 Å². The van der Waals surface area contributed by atoms with Crippen LogP contribution in [0.25, 0.3) is 0 Å². The van der Waals surface area contributed by atoms with Crippen molar-refractivity contribution in [3.63, 3.8) is 0 Å². The number of ketones is 1. The van der Waals surface area contributed by atoms with Gasteiger partial charge in [-0.05, 0) is 48.7 Å². The van der Waals surface area contributed by atoms with Gasteiger partial charge < -0.3 is 15.4 Å². The van der Waals surface area contributed by atoms with Crippen molar-refractivity contribution in [3.8, 4) is 0 Å². The van der Waals surface area contributed by atoms with Crippen molar-refractivity contribution in [3.05, 3.63) is 65.7 Å². The largest absolute Gasteiger partial charge is 0.451 e. The van der Waals surface area contributed by atoms with Gasteiger partial charge >= 0.3 is 6.09 Å². The highest BCUT2D eigenvalue weighted by Crippen LogP contribution is 2.14. The number of amides is 2. The maximum absolute atomic E-state index is 12.5. The molecule has 0 aliphatic carbocycles. The van der Waals surface area contributed by atoms with E-state index in [4.69, 9.17) is 24.4 Å². The summed E-state index contributed by atoms with van der Waals surface area (Å²) in [5.41, 5.74) is 4.08. The smallest absolute Gasteiger partial charge is 0.435 e. The maximum Gasteiger partial charge on any atom is 0.435 e. The van der Waals surface area contributed by atoms with Gasteiger partial charge in [-0.3, -0.25) is 15.0 Å². The molecule has 3 N–H and O–H groups in total. The zero-order valence-corrected chi connectivity index (χ0v) is 17.2. The molecule has 0 aliphatic rings. The van der Waals surface area contributed by atoms with E-state index in [-0.39, 0.29) is 16.0 Å². The molecule has 29 heavy (non-hydrogen) atoms. The summed E-state index contributed by atoms with van der Waals surface area (Å²) >= 11 is 10.1. The molecule has 2 amide bonds. The van der Waals surface area contributed by atoms with Gasteiger partial charge in [-0.25, -0.2) is 4.79 Å². The predicted molar refractivity (Wildman–Crippen MR) is 116 cm³/mol. The Kier molecular flexibility index (Phi) is 7.75. The number of ether oxygens (including phenoxy) is 1. The summed E-state index contributed by atoms with van der Waals surface area (Å²) < 4.78 is 4.66. The molecule has 0 saturated carbocycles. The fraction of sp³-hybridized carbons (Fsp3) is 0.105. The monoisotopic (exact) mass is 430 g/mol. The van der Waals surface area contributed by atoms with Gasteiger partial charge in [0.1, 0.15) is 0 Å². The highest BCUT2D eigenvalue weighted by Gasteiger charge is 2.21. The minimum Gasteiger partial charge on any atom is -0.451 e. The molecule has 0 atom stereocenters. The second kappa shape index (κ2) is 10.2. The van der Waals surface area contributed by atoms with Crippen molar-refractivity contribution in [2.75, 3.05) is 12.4 Å². The second-order valence-electron chi connectivity index (χ2n) is 5.63. The summed E-state index contributed by atoms with van der Waals surface area (Å²) in [4.78, 5) is 35.5. The van der Waals surface area contributed by atoms with Gasteiger partial charge in [0.15, 0.2) is 10.9 Å². The van der Waals surface area contributed by atoms with Crippen LogP contribution in [0.4, 0.5) is 10.5 Å². The Morgan fingerprint density at radius 3 is 2.07 bits per heavy atom. The molecule has 2 aromatic rings. The summed E-state index contributed by atoms with van der Waals surface area (Å²) in [6.45, 7) is 1.27. The number of nitrogens with zero attached hydrogens (tertiary/aromatic N) is 1. The number of nitrogens with one attached hydrogen (secondary N) is 3. The number of hydrogen-bond acceptors (Lipinski definition) is 6. The van der Waals surface area contributed by atoms with Crippen molar-refractivity contribution in [2.24, 2.45) is 0 Å². The van der Waals surface area contributed by atoms with Gasteiger partial charge in [0.2, 0.25) is 11.0 Å². The number of hydrazine groups is 1. The lowest BCUT2D eigenvalue weighted by atomic mass is 10.0. The average molecular weight is 431 g/mol.